The summed E-state index contributed by atoms with van der Waals surface area (Å²) >= 11 is 0. The summed E-state index contributed by atoms with van der Waals surface area (Å²) in [5.41, 5.74) is 1.15. The molecule has 0 aliphatic carbocycles. The van der Waals surface area contributed by atoms with Gasteiger partial charge in [0.15, 0.2) is 0 Å². The number of aromatic nitrogens is 2. The quantitative estimate of drug-likeness (QED) is 0.804. The highest BCUT2D eigenvalue weighted by atomic mass is 32.2. The molecule has 0 saturated heterocycles. The van der Waals surface area contributed by atoms with Crippen molar-refractivity contribution in [2.75, 3.05) is 4.72 Å². The van der Waals surface area contributed by atoms with E-state index in [1.807, 2.05) is 6.07 Å². The Morgan fingerprint density at radius 3 is 2.14 bits per heavy atom. The molecule has 6 heteroatoms. The summed E-state index contributed by atoms with van der Waals surface area (Å²) in [6.45, 7) is 0. The summed E-state index contributed by atoms with van der Waals surface area (Å²) < 4.78 is 27.7. The number of anilines is 1. The summed E-state index contributed by atoms with van der Waals surface area (Å²) in [6, 6.07) is 17.2. The Balaban J connectivity index is 2.05. The van der Waals surface area contributed by atoms with E-state index in [1.165, 1.54) is 6.20 Å². The average molecular weight is 311 g/mol. The number of benzene rings is 1. The molecule has 0 spiro atoms. The molecule has 2 heterocycles. The van der Waals surface area contributed by atoms with E-state index in [2.05, 4.69) is 14.7 Å². The van der Waals surface area contributed by atoms with Gasteiger partial charge in [-0.25, -0.2) is 13.4 Å². The van der Waals surface area contributed by atoms with E-state index < -0.39 is 10.0 Å². The third-order valence-corrected chi connectivity index (χ3v) is 4.43. The SMILES string of the molecule is O=S(=O)(Nc1ccccn1)c1ccccc1-c1ccccn1. The van der Waals surface area contributed by atoms with Crippen LogP contribution in [0, 0.1) is 0 Å². The molecule has 0 amide bonds. The number of nitrogens with one attached hydrogen (secondary N) is 1. The lowest BCUT2D eigenvalue weighted by Crippen LogP contribution is -2.15. The molecule has 1 aromatic carbocycles. The van der Waals surface area contributed by atoms with E-state index >= 15 is 0 Å². The van der Waals surface area contributed by atoms with Crippen LogP contribution in [0.1, 0.15) is 0 Å². The predicted octanol–water partition coefficient (Wildman–Crippen LogP) is 2.94. The lowest BCUT2D eigenvalue weighted by Gasteiger charge is -2.11. The Hall–Kier alpha value is -2.73. The molecule has 0 aliphatic rings. The van der Waals surface area contributed by atoms with Gasteiger partial charge in [-0.15, -0.1) is 0 Å². The van der Waals surface area contributed by atoms with E-state index in [0.717, 1.165) is 0 Å². The number of sulfonamides is 1. The van der Waals surface area contributed by atoms with Gasteiger partial charge in [0.2, 0.25) is 0 Å². The number of hydrogen-bond acceptors (Lipinski definition) is 4. The van der Waals surface area contributed by atoms with E-state index in [9.17, 15) is 8.42 Å². The highest BCUT2D eigenvalue weighted by Crippen LogP contribution is 2.26. The van der Waals surface area contributed by atoms with Crippen LogP contribution in [0.15, 0.2) is 78.0 Å². The van der Waals surface area contributed by atoms with Gasteiger partial charge in [-0.05, 0) is 30.3 Å². The van der Waals surface area contributed by atoms with Crippen molar-refractivity contribution < 1.29 is 8.42 Å². The van der Waals surface area contributed by atoms with Gasteiger partial charge in [-0.1, -0.05) is 30.3 Å². The second-order valence-corrected chi connectivity index (χ2v) is 6.18. The lowest BCUT2D eigenvalue weighted by molar-refractivity contribution is 0.601. The monoisotopic (exact) mass is 311 g/mol. The van der Waals surface area contributed by atoms with Crippen LogP contribution in [-0.2, 0) is 10.0 Å². The first kappa shape index (κ1) is 14.2. The number of pyridine rings is 2. The van der Waals surface area contributed by atoms with Crippen LogP contribution in [0.3, 0.4) is 0 Å². The first-order valence-corrected chi connectivity index (χ1v) is 8.09. The molecule has 110 valence electrons. The third-order valence-electron chi connectivity index (χ3n) is 3.02. The van der Waals surface area contributed by atoms with Crippen molar-refractivity contribution >= 4 is 15.8 Å². The van der Waals surface area contributed by atoms with Crippen molar-refractivity contribution in [3.8, 4) is 11.3 Å². The minimum absolute atomic E-state index is 0.166. The van der Waals surface area contributed by atoms with Crippen molar-refractivity contribution in [2.45, 2.75) is 4.90 Å². The number of hydrogen-bond donors (Lipinski definition) is 1. The van der Waals surface area contributed by atoms with Crippen LogP contribution in [0.5, 0.6) is 0 Å². The average Bonchev–Trinajstić information content (AvgIpc) is 2.56. The minimum Gasteiger partial charge on any atom is -0.263 e. The Bertz CT molecular complexity index is 866. The molecule has 0 atom stereocenters. The molecular weight excluding hydrogens is 298 g/mol. The Morgan fingerprint density at radius 2 is 1.45 bits per heavy atom. The molecule has 0 saturated carbocycles. The zero-order valence-corrected chi connectivity index (χ0v) is 12.4. The molecule has 0 radical (unpaired) electrons. The summed E-state index contributed by atoms with van der Waals surface area (Å²) in [6.07, 6.45) is 3.16. The fourth-order valence-electron chi connectivity index (χ4n) is 2.05. The molecule has 0 aliphatic heterocycles. The molecule has 0 fully saturated rings. The lowest BCUT2D eigenvalue weighted by atomic mass is 10.1. The molecule has 3 aromatic rings. The maximum atomic E-state index is 12.6. The van der Waals surface area contributed by atoms with E-state index in [-0.39, 0.29) is 10.7 Å². The maximum absolute atomic E-state index is 12.6. The number of nitrogens with zero attached hydrogens (tertiary/aromatic N) is 2. The van der Waals surface area contributed by atoms with Crippen LogP contribution in [0.4, 0.5) is 5.82 Å². The molecule has 1 N–H and O–H groups in total. The van der Waals surface area contributed by atoms with Gasteiger partial charge in [0.05, 0.1) is 10.6 Å². The van der Waals surface area contributed by atoms with Crippen molar-refractivity contribution in [3.63, 3.8) is 0 Å². The topological polar surface area (TPSA) is 72.0 Å². The first-order chi connectivity index (χ1) is 10.7. The summed E-state index contributed by atoms with van der Waals surface area (Å²) in [5.74, 6) is 0.276. The standard InChI is InChI=1S/C16H13N3O2S/c20-22(21,19-16-10-4-6-12-18-16)15-9-2-1-7-13(15)14-8-3-5-11-17-14/h1-12H,(H,18,19). The van der Waals surface area contributed by atoms with Gasteiger partial charge >= 0.3 is 0 Å². The van der Waals surface area contributed by atoms with Crippen LogP contribution in [-0.4, -0.2) is 18.4 Å². The molecule has 0 bridgehead atoms. The highest BCUT2D eigenvalue weighted by molar-refractivity contribution is 7.92. The van der Waals surface area contributed by atoms with Crippen LogP contribution >= 0.6 is 0 Å². The van der Waals surface area contributed by atoms with Crippen molar-refractivity contribution in [1.29, 1.82) is 0 Å². The Kier molecular flexibility index (Phi) is 3.84. The molecule has 2 aromatic heterocycles. The first-order valence-electron chi connectivity index (χ1n) is 6.61. The van der Waals surface area contributed by atoms with Crippen molar-refractivity contribution in [2.24, 2.45) is 0 Å². The third kappa shape index (κ3) is 2.96. The smallest absolute Gasteiger partial charge is 0.263 e. The second kappa shape index (κ2) is 5.95. The number of rotatable bonds is 4. The van der Waals surface area contributed by atoms with Crippen molar-refractivity contribution in [1.82, 2.24) is 9.97 Å². The fourth-order valence-corrected chi connectivity index (χ4v) is 3.28. The van der Waals surface area contributed by atoms with Crippen LogP contribution in [0.25, 0.3) is 11.3 Å². The zero-order chi connectivity index (χ0) is 15.4. The van der Waals surface area contributed by atoms with Gasteiger partial charge < -0.3 is 0 Å². The molecule has 0 unspecified atom stereocenters. The van der Waals surface area contributed by atoms with E-state index in [1.54, 1.807) is 60.8 Å². The summed E-state index contributed by atoms with van der Waals surface area (Å²) in [7, 11) is -3.74. The van der Waals surface area contributed by atoms with Crippen LogP contribution < -0.4 is 4.72 Å². The zero-order valence-electron chi connectivity index (χ0n) is 11.5. The maximum Gasteiger partial charge on any atom is 0.263 e. The van der Waals surface area contributed by atoms with Gasteiger partial charge in [-0.2, -0.15) is 0 Å². The van der Waals surface area contributed by atoms with E-state index in [4.69, 9.17) is 0 Å². The second-order valence-electron chi connectivity index (χ2n) is 4.53. The van der Waals surface area contributed by atoms with Gasteiger partial charge in [0, 0.05) is 18.0 Å². The van der Waals surface area contributed by atoms with Gasteiger partial charge in [0.1, 0.15) is 5.82 Å². The molecule has 22 heavy (non-hydrogen) atoms. The van der Waals surface area contributed by atoms with Gasteiger partial charge in [0.25, 0.3) is 10.0 Å². The molecule has 5 nitrogen and oxygen atoms in total. The van der Waals surface area contributed by atoms with E-state index in [0.29, 0.717) is 11.3 Å². The van der Waals surface area contributed by atoms with Gasteiger partial charge in [-0.3, -0.25) is 9.71 Å². The summed E-state index contributed by atoms with van der Waals surface area (Å²) in [4.78, 5) is 8.37. The van der Waals surface area contributed by atoms with Crippen molar-refractivity contribution in [3.05, 3.63) is 73.1 Å². The summed E-state index contributed by atoms with van der Waals surface area (Å²) in [5, 5.41) is 0. The Morgan fingerprint density at radius 1 is 0.773 bits per heavy atom. The Labute approximate surface area is 128 Å². The molecular formula is C16H13N3O2S. The van der Waals surface area contributed by atoms with Crippen LogP contribution in [0.2, 0.25) is 0 Å². The highest BCUT2D eigenvalue weighted by Gasteiger charge is 2.19. The molecule has 3 rings (SSSR count). The minimum atomic E-state index is -3.74. The normalized spacial score (nSPS) is 11.1. The fraction of sp³-hybridized carbons (Fsp3) is 0. The largest absolute Gasteiger partial charge is 0.263 e. The predicted molar refractivity (Wildman–Crippen MR) is 84.7 cm³/mol.